The van der Waals surface area contributed by atoms with Gasteiger partial charge in [-0.25, -0.2) is 17.5 Å². The first kappa shape index (κ1) is 18.9. The Balaban J connectivity index is 1.88. The van der Waals surface area contributed by atoms with Crippen LogP contribution in [0.2, 0.25) is 0 Å². The molecule has 1 N–H and O–H groups in total. The van der Waals surface area contributed by atoms with Crippen LogP contribution in [-0.2, 0) is 21.4 Å². The molecule has 27 heavy (non-hydrogen) atoms. The fourth-order valence-corrected chi connectivity index (χ4v) is 3.53. The molecule has 0 aliphatic heterocycles. The predicted molar refractivity (Wildman–Crippen MR) is 101 cm³/mol. The van der Waals surface area contributed by atoms with Crippen molar-refractivity contribution in [1.82, 2.24) is 8.87 Å². The van der Waals surface area contributed by atoms with Gasteiger partial charge in [-0.3, -0.25) is 9.36 Å². The Bertz CT molecular complexity index is 1180. The van der Waals surface area contributed by atoms with E-state index >= 15 is 0 Å². The molecule has 8 nitrogen and oxygen atoms in total. The summed E-state index contributed by atoms with van der Waals surface area (Å²) in [6.45, 7) is 1.50. The van der Waals surface area contributed by atoms with Crippen LogP contribution >= 0.6 is 0 Å². The highest BCUT2D eigenvalue weighted by Crippen LogP contribution is 2.22. The highest BCUT2D eigenvalue weighted by molar-refractivity contribution is 7.89. The fourth-order valence-electron chi connectivity index (χ4n) is 2.60. The molecule has 0 spiro atoms. The molecule has 1 heterocycles. The van der Waals surface area contributed by atoms with Crippen LogP contribution < -0.4 is 11.1 Å². The van der Waals surface area contributed by atoms with Crippen LogP contribution in [0.25, 0.3) is 11.1 Å². The van der Waals surface area contributed by atoms with Crippen LogP contribution in [0.4, 0.5) is 5.69 Å². The number of aromatic nitrogens is 1. The number of aryl methyl sites for hydroxylation is 1. The molecule has 0 atom stereocenters. The minimum atomic E-state index is -3.63. The Morgan fingerprint density at radius 2 is 1.89 bits per heavy atom. The zero-order chi connectivity index (χ0) is 19.8. The van der Waals surface area contributed by atoms with Gasteiger partial charge in [0.05, 0.1) is 10.4 Å². The van der Waals surface area contributed by atoms with Crippen molar-refractivity contribution in [3.63, 3.8) is 0 Å². The Kier molecular flexibility index (Phi) is 4.90. The molecule has 9 heteroatoms. The third-order valence-corrected chi connectivity index (χ3v) is 5.95. The lowest BCUT2D eigenvalue weighted by atomic mass is 10.2. The molecule has 0 saturated carbocycles. The SMILES string of the molecule is Cc1ccc(S(=O)(=O)N(C)C)cc1NC(=O)Cn1c(=O)oc2ccccc21. The number of carbonyl (C=O) groups excluding carboxylic acids is 1. The molecule has 142 valence electrons. The topological polar surface area (TPSA) is 102 Å². The molecule has 3 aromatic rings. The first-order chi connectivity index (χ1) is 12.7. The first-order valence-electron chi connectivity index (χ1n) is 8.11. The van der Waals surface area contributed by atoms with Crippen LogP contribution in [0, 0.1) is 6.92 Å². The van der Waals surface area contributed by atoms with Crippen LogP contribution in [0.3, 0.4) is 0 Å². The Hall–Kier alpha value is -2.91. The van der Waals surface area contributed by atoms with Crippen LogP contribution in [-0.4, -0.2) is 37.3 Å². The van der Waals surface area contributed by atoms with Gasteiger partial charge in [-0.2, -0.15) is 0 Å². The number of fused-ring (bicyclic) bond motifs is 1. The van der Waals surface area contributed by atoms with Crippen LogP contribution in [0.1, 0.15) is 5.56 Å². The zero-order valence-electron chi connectivity index (χ0n) is 15.1. The van der Waals surface area contributed by atoms with Crippen molar-refractivity contribution in [3.8, 4) is 0 Å². The van der Waals surface area contributed by atoms with Crippen molar-refractivity contribution in [3.05, 3.63) is 58.6 Å². The molecule has 0 radical (unpaired) electrons. The number of nitrogens with one attached hydrogen (secondary N) is 1. The molecule has 0 aliphatic carbocycles. The maximum absolute atomic E-state index is 12.5. The van der Waals surface area contributed by atoms with Crippen molar-refractivity contribution >= 4 is 32.7 Å². The van der Waals surface area contributed by atoms with E-state index in [4.69, 9.17) is 4.42 Å². The molecular weight excluding hydrogens is 370 g/mol. The molecular formula is C18H19N3O5S. The van der Waals surface area contributed by atoms with E-state index in [1.165, 1.54) is 30.8 Å². The van der Waals surface area contributed by atoms with E-state index < -0.39 is 21.7 Å². The van der Waals surface area contributed by atoms with E-state index in [1.54, 1.807) is 37.3 Å². The van der Waals surface area contributed by atoms with E-state index in [9.17, 15) is 18.0 Å². The number of sulfonamides is 1. The number of benzene rings is 2. The summed E-state index contributed by atoms with van der Waals surface area (Å²) in [5.41, 5.74) is 1.97. The van der Waals surface area contributed by atoms with Gasteiger partial charge in [-0.05, 0) is 36.8 Å². The summed E-state index contributed by atoms with van der Waals surface area (Å²) in [6.07, 6.45) is 0. The molecule has 0 aliphatic rings. The van der Waals surface area contributed by atoms with Crippen LogP contribution in [0.5, 0.6) is 0 Å². The van der Waals surface area contributed by atoms with Gasteiger partial charge in [0.2, 0.25) is 15.9 Å². The monoisotopic (exact) mass is 389 g/mol. The molecule has 0 bridgehead atoms. The number of nitrogens with zero attached hydrogens (tertiary/aromatic N) is 2. The van der Waals surface area contributed by atoms with Gasteiger partial charge in [0.1, 0.15) is 6.54 Å². The van der Waals surface area contributed by atoms with Gasteiger partial charge in [0.25, 0.3) is 0 Å². The van der Waals surface area contributed by atoms with E-state index in [-0.39, 0.29) is 11.4 Å². The largest absolute Gasteiger partial charge is 0.420 e. The second kappa shape index (κ2) is 7.01. The summed E-state index contributed by atoms with van der Waals surface area (Å²) in [7, 11) is -0.757. The minimum Gasteiger partial charge on any atom is -0.408 e. The summed E-state index contributed by atoms with van der Waals surface area (Å²) in [5, 5.41) is 2.67. The van der Waals surface area contributed by atoms with Gasteiger partial charge in [0.15, 0.2) is 5.58 Å². The lowest BCUT2D eigenvalue weighted by molar-refractivity contribution is -0.116. The third-order valence-electron chi connectivity index (χ3n) is 4.14. The number of anilines is 1. The van der Waals surface area contributed by atoms with Crippen molar-refractivity contribution in [1.29, 1.82) is 0 Å². The molecule has 0 unspecified atom stereocenters. The van der Waals surface area contributed by atoms with Gasteiger partial charge in [-0.1, -0.05) is 18.2 Å². The number of amides is 1. The first-order valence-corrected chi connectivity index (χ1v) is 9.55. The van der Waals surface area contributed by atoms with Gasteiger partial charge in [-0.15, -0.1) is 0 Å². The van der Waals surface area contributed by atoms with Crippen LogP contribution in [0.15, 0.2) is 56.6 Å². The van der Waals surface area contributed by atoms with Gasteiger partial charge < -0.3 is 9.73 Å². The molecule has 2 aromatic carbocycles. The smallest absolute Gasteiger partial charge is 0.408 e. The van der Waals surface area contributed by atoms with E-state index in [0.29, 0.717) is 22.4 Å². The maximum atomic E-state index is 12.5. The number of oxazole rings is 1. The van der Waals surface area contributed by atoms with Gasteiger partial charge >= 0.3 is 5.76 Å². The van der Waals surface area contributed by atoms with E-state index in [2.05, 4.69) is 5.32 Å². The standard InChI is InChI=1S/C18H19N3O5S/c1-12-8-9-13(27(24,25)20(2)3)10-14(12)19-17(22)11-21-15-6-4-5-7-16(15)26-18(21)23/h4-10H,11H2,1-3H3,(H,19,22). The second-order valence-electron chi connectivity index (χ2n) is 6.23. The average Bonchev–Trinajstić information content (AvgIpc) is 2.92. The number of para-hydroxylation sites is 2. The fraction of sp³-hybridized carbons (Fsp3) is 0.222. The van der Waals surface area contributed by atoms with E-state index in [0.717, 1.165) is 4.31 Å². The lowest BCUT2D eigenvalue weighted by Crippen LogP contribution is -2.25. The highest BCUT2D eigenvalue weighted by atomic mass is 32.2. The summed E-state index contributed by atoms with van der Waals surface area (Å²) in [6, 6.07) is 11.3. The highest BCUT2D eigenvalue weighted by Gasteiger charge is 2.19. The number of carbonyl (C=O) groups is 1. The molecule has 3 rings (SSSR count). The molecule has 0 fully saturated rings. The van der Waals surface area contributed by atoms with E-state index in [1.807, 2.05) is 0 Å². The Labute approximate surface area is 156 Å². The number of hydrogen-bond acceptors (Lipinski definition) is 5. The Morgan fingerprint density at radius 3 is 2.59 bits per heavy atom. The quantitative estimate of drug-likeness (QED) is 0.717. The second-order valence-corrected chi connectivity index (χ2v) is 8.39. The predicted octanol–water partition coefficient (Wildman–Crippen LogP) is 1.79. The summed E-state index contributed by atoms with van der Waals surface area (Å²) < 4.78 is 32.0. The molecule has 1 aromatic heterocycles. The summed E-state index contributed by atoms with van der Waals surface area (Å²) in [4.78, 5) is 24.5. The van der Waals surface area contributed by atoms with Crippen molar-refractivity contribution < 1.29 is 17.6 Å². The normalized spacial score (nSPS) is 11.9. The summed E-state index contributed by atoms with van der Waals surface area (Å²) in [5.74, 6) is -1.10. The summed E-state index contributed by atoms with van der Waals surface area (Å²) >= 11 is 0. The maximum Gasteiger partial charge on any atom is 0.420 e. The van der Waals surface area contributed by atoms with Crippen molar-refractivity contribution in [2.75, 3.05) is 19.4 Å². The average molecular weight is 389 g/mol. The molecule has 1 amide bonds. The molecule has 0 saturated heterocycles. The van der Waals surface area contributed by atoms with Gasteiger partial charge in [0, 0.05) is 19.8 Å². The number of rotatable bonds is 5. The third kappa shape index (κ3) is 3.64. The van der Waals surface area contributed by atoms with Crippen molar-refractivity contribution in [2.24, 2.45) is 0 Å². The Morgan fingerprint density at radius 1 is 1.19 bits per heavy atom. The zero-order valence-corrected chi connectivity index (χ0v) is 15.9. The number of hydrogen-bond donors (Lipinski definition) is 1. The van der Waals surface area contributed by atoms with Crippen molar-refractivity contribution in [2.45, 2.75) is 18.4 Å². The minimum absolute atomic E-state index is 0.0688. The lowest BCUT2D eigenvalue weighted by Gasteiger charge is -2.14.